The normalized spacial score (nSPS) is 10.6. The predicted molar refractivity (Wildman–Crippen MR) is 101 cm³/mol. The second-order valence-corrected chi connectivity index (χ2v) is 7.16. The van der Waals surface area contributed by atoms with Crippen molar-refractivity contribution in [3.63, 3.8) is 0 Å². The van der Waals surface area contributed by atoms with Crippen molar-refractivity contribution in [3.05, 3.63) is 59.5 Å². The molecule has 0 saturated carbocycles. The molecule has 0 aliphatic rings. The van der Waals surface area contributed by atoms with Gasteiger partial charge in [-0.25, -0.2) is 4.98 Å². The highest BCUT2D eigenvalue weighted by Crippen LogP contribution is 2.37. The number of thioether (sulfide) groups is 1. The van der Waals surface area contributed by atoms with Gasteiger partial charge in [-0.3, -0.25) is 9.78 Å². The van der Waals surface area contributed by atoms with Crippen LogP contribution in [0.4, 0.5) is 5.00 Å². The van der Waals surface area contributed by atoms with E-state index < -0.39 is 0 Å². The van der Waals surface area contributed by atoms with E-state index in [0.717, 1.165) is 15.5 Å². The van der Waals surface area contributed by atoms with E-state index in [1.165, 1.54) is 16.2 Å². The third-order valence-electron chi connectivity index (χ3n) is 3.42. The summed E-state index contributed by atoms with van der Waals surface area (Å²) in [7, 11) is 1.71. The molecular formula is C17H14ClN3OS2. The number of thiazole rings is 1. The van der Waals surface area contributed by atoms with E-state index in [4.69, 9.17) is 11.6 Å². The minimum atomic E-state index is -0.120. The van der Waals surface area contributed by atoms with Crippen LogP contribution in [-0.2, 0) is 0 Å². The first-order chi connectivity index (χ1) is 11.6. The van der Waals surface area contributed by atoms with E-state index in [-0.39, 0.29) is 5.91 Å². The van der Waals surface area contributed by atoms with Gasteiger partial charge in [-0.15, -0.1) is 11.8 Å². The molecule has 122 valence electrons. The van der Waals surface area contributed by atoms with Crippen LogP contribution in [0.1, 0.15) is 10.4 Å². The Morgan fingerprint density at radius 2 is 2.00 bits per heavy atom. The van der Waals surface area contributed by atoms with Gasteiger partial charge >= 0.3 is 0 Å². The standard InChI is InChI=1S/C17H14ClN3OS2/c1-21(16(22)11-5-7-13(23-2)8-6-11)17-14(18)20-15(24-17)12-4-3-9-19-10-12/h3-10H,1-2H3. The lowest BCUT2D eigenvalue weighted by atomic mass is 10.2. The fourth-order valence-electron chi connectivity index (χ4n) is 2.13. The molecule has 0 spiro atoms. The number of amides is 1. The van der Waals surface area contributed by atoms with Crippen LogP contribution in [-0.4, -0.2) is 29.2 Å². The smallest absolute Gasteiger partial charge is 0.258 e. The number of hydrogen-bond acceptors (Lipinski definition) is 5. The van der Waals surface area contributed by atoms with Gasteiger partial charge in [-0.2, -0.15) is 0 Å². The Hall–Kier alpha value is -1.89. The molecule has 0 radical (unpaired) electrons. The van der Waals surface area contributed by atoms with Gasteiger partial charge < -0.3 is 4.90 Å². The van der Waals surface area contributed by atoms with E-state index in [0.29, 0.717) is 15.7 Å². The van der Waals surface area contributed by atoms with Crippen molar-refractivity contribution in [3.8, 4) is 10.6 Å². The maximum atomic E-state index is 12.7. The first-order valence-corrected chi connectivity index (χ1v) is 9.51. The topological polar surface area (TPSA) is 46.1 Å². The van der Waals surface area contributed by atoms with Crippen LogP contribution in [0.3, 0.4) is 0 Å². The fourth-order valence-corrected chi connectivity index (χ4v) is 3.83. The molecule has 3 aromatic rings. The molecule has 0 atom stereocenters. The first-order valence-electron chi connectivity index (χ1n) is 7.09. The number of carbonyl (C=O) groups excluding carboxylic acids is 1. The summed E-state index contributed by atoms with van der Waals surface area (Å²) in [6, 6.07) is 11.3. The van der Waals surface area contributed by atoms with Crippen molar-refractivity contribution in [2.24, 2.45) is 0 Å². The maximum absolute atomic E-state index is 12.7. The van der Waals surface area contributed by atoms with E-state index >= 15 is 0 Å². The third-order valence-corrected chi connectivity index (χ3v) is 5.72. The second kappa shape index (κ2) is 7.34. The van der Waals surface area contributed by atoms with E-state index in [9.17, 15) is 4.79 Å². The zero-order valence-electron chi connectivity index (χ0n) is 13.1. The van der Waals surface area contributed by atoms with Crippen molar-refractivity contribution in [2.45, 2.75) is 4.90 Å². The Kier molecular flexibility index (Phi) is 5.18. The molecular weight excluding hydrogens is 362 g/mol. The maximum Gasteiger partial charge on any atom is 0.258 e. The lowest BCUT2D eigenvalue weighted by Gasteiger charge is -2.15. The molecule has 0 unspecified atom stereocenters. The summed E-state index contributed by atoms with van der Waals surface area (Å²) in [6.07, 6.45) is 5.43. The Morgan fingerprint density at radius 1 is 1.25 bits per heavy atom. The Labute approximate surface area is 153 Å². The van der Waals surface area contributed by atoms with Crippen LogP contribution in [0.15, 0.2) is 53.7 Å². The number of nitrogens with zero attached hydrogens (tertiary/aromatic N) is 3. The summed E-state index contributed by atoms with van der Waals surface area (Å²) in [4.78, 5) is 23.8. The molecule has 0 bridgehead atoms. The third kappa shape index (κ3) is 3.45. The molecule has 7 heteroatoms. The highest BCUT2D eigenvalue weighted by atomic mass is 35.5. The number of hydrogen-bond donors (Lipinski definition) is 0. The molecule has 0 aliphatic heterocycles. The van der Waals surface area contributed by atoms with Gasteiger partial charge in [0.1, 0.15) is 10.0 Å². The second-order valence-electron chi connectivity index (χ2n) is 4.95. The average molecular weight is 376 g/mol. The first kappa shape index (κ1) is 17.0. The minimum absolute atomic E-state index is 0.120. The zero-order chi connectivity index (χ0) is 17.1. The predicted octanol–water partition coefficient (Wildman–Crippen LogP) is 4.86. The lowest BCUT2D eigenvalue weighted by molar-refractivity contribution is 0.0993. The van der Waals surface area contributed by atoms with Gasteiger partial charge in [-0.1, -0.05) is 22.9 Å². The van der Waals surface area contributed by atoms with Crippen LogP contribution >= 0.6 is 34.7 Å². The van der Waals surface area contributed by atoms with Crippen LogP contribution in [0.2, 0.25) is 5.15 Å². The van der Waals surface area contributed by atoms with E-state index in [1.54, 1.807) is 31.2 Å². The van der Waals surface area contributed by atoms with Gasteiger partial charge in [0.15, 0.2) is 5.15 Å². The average Bonchev–Trinajstić information content (AvgIpc) is 3.03. The number of anilines is 1. The van der Waals surface area contributed by atoms with E-state index in [2.05, 4.69) is 9.97 Å². The SMILES string of the molecule is CSc1ccc(C(=O)N(C)c2sc(-c3cccnc3)nc2Cl)cc1. The van der Waals surface area contributed by atoms with Gasteiger partial charge in [0.25, 0.3) is 5.91 Å². The Bertz CT molecular complexity index is 850. The number of halogens is 1. The minimum Gasteiger partial charge on any atom is -0.300 e. The monoisotopic (exact) mass is 375 g/mol. The highest BCUT2D eigenvalue weighted by molar-refractivity contribution is 7.98. The summed E-state index contributed by atoms with van der Waals surface area (Å²) in [5.41, 5.74) is 1.49. The number of rotatable bonds is 4. The molecule has 3 rings (SSSR count). The highest BCUT2D eigenvalue weighted by Gasteiger charge is 2.20. The largest absolute Gasteiger partial charge is 0.300 e. The Balaban J connectivity index is 1.88. The number of pyridine rings is 1. The molecule has 2 aromatic heterocycles. The van der Waals surface area contributed by atoms with Crippen molar-refractivity contribution < 1.29 is 4.79 Å². The van der Waals surface area contributed by atoms with Crippen LogP contribution in [0.25, 0.3) is 10.6 Å². The van der Waals surface area contributed by atoms with Crippen LogP contribution in [0.5, 0.6) is 0 Å². The van der Waals surface area contributed by atoms with Gasteiger partial charge in [0.05, 0.1) is 0 Å². The molecule has 0 fully saturated rings. The van der Waals surface area contributed by atoms with Gasteiger partial charge in [0.2, 0.25) is 0 Å². The number of carbonyl (C=O) groups is 1. The number of aromatic nitrogens is 2. The summed E-state index contributed by atoms with van der Waals surface area (Å²) in [6.45, 7) is 0. The van der Waals surface area contributed by atoms with Crippen molar-refractivity contribution in [1.29, 1.82) is 0 Å². The molecule has 1 amide bonds. The zero-order valence-corrected chi connectivity index (χ0v) is 15.5. The fraction of sp³-hybridized carbons (Fsp3) is 0.118. The molecule has 2 heterocycles. The molecule has 0 saturated heterocycles. The number of benzene rings is 1. The van der Waals surface area contributed by atoms with Crippen molar-refractivity contribution in [2.75, 3.05) is 18.2 Å². The van der Waals surface area contributed by atoms with Crippen LogP contribution in [0, 0.1) is 0 Å². The molecule has 0 N–H and O–H groups in total. The van der Waals surface area contributed by atoms with Crippen molar-refractivity contribution in [1.82, 2.24) is 9.97 Å². The molecule has 4 nitrogen and oxygen atoms in total. The van der Waals surface area contributed by atoms with Gasteiger partial charge in [-0.05, 0) is 42.7 Å². The quantitative estimate of drug-likeness (QED) is 0.611. The summed E-state index contributed by atoms with van der Waals surface area (Å²) in [5.74, 6) is -0.120. The van der Waals surface area contributed by atoms with Gasteiger partial charge in [0, 0.05) is 35.5 Å². The van der Waals surface area contributed by atoms with Crippen LogP contribution < -0.4 is 4.90 Å². The molecule has 1 aromatic carbocycles. The lowest BCUT2D eigenvalue weighted by Crippen LogP contribution is -2.25. The van der Waals surface area contributed by atoms with Crippen molar-refractivity contribution >= 4 is 45.6 Å². The molecule has 0 aliphatic carbocycles. The summed E-state index contributed by atoms with van der Waals surface area (Å²) < 4.78 is 0. The Morgan fingerprint density at radius 3 is 2.62 bits per heavy atom. The summed E-state index contributed by atoms with van der Waals surface area (Å²) in [5, 5.41) is 1.67. The summed E-state index contributed by atoms with van der Waals surface area (Å²) >= 11 is 9.26. The van der Waals surface area contributed by atoms with E-state index in [1.807, 2.05) is 42.7 Å². The molecule has 24 heavy (non-hydrogen) atoms.